The predicted octanol–water partition coefficient (Wildman–Crippen LogP) is 4.54. The minimum Gasteiger partial charge on any atom is -0.350 e. The molecule has 0 unspecified atom stereocenters. The third-order valence-electron chi connectivity index (χ3n) is 6.40. The van der Waals surface area contributed by atoms with Gasteiger partial charge in [0.15, 0.2) is 6.29 Å². The van der Waals surface area contributed by atoms with Crippen molar-refractivity contribution in [2.24, 2.45) is 0 Å². The maximum absolute atomic E-state index is 5.60. The van der Waals surface area contributed by atoms with Crippen LogP contribution in [0.15, 0.2) is 57.2 Å². The molecule has 0 saturated carbocycles. The molecule has 30 heavy (non-hydrogen) atoms. The average Bonchev–Trinajstić information content (AvgIpc) is 3.26. The first-order valence-electron chi connectivity index (χ1n) is 10.9. The summed E-state index contributed by atoms with van der Waals surface area (Å²) >= 11 is 3.78. The van der Waals surface area contributed by atoms with Gasteiger partial charge in [0.05, 0.1) is 13.2 Å². The molecule has 3 aliphatic rings. The van der Waals surface area contributed by atoms with Crippen LogP contribution in [-0.4, -0.2) is 68.3 Å². The van der Waals surface area contributed by atoms with Crippen LogP contribution >= 0.6 is 23.5 Å². The quantitative estimate of drug-likeness (QED) is 0.631. The number of hydrogen-bond donors (Lipinski definition) is 0. The van der Waals surface area contributed by atoms with Gasteiger partial charge in [-0.3, -0.25) is 4.90 Å². The number of ether oxygens (including phenoxy) is 2. The van der Waals surface area contributed by atoms with Crippen molar-refractivity contribution in [3.63, 3.8) is 0 Å². The molecule has 5 rings (SSSR count). The van der Waals surface area contributed by atoms with Crippen LogP contribution in [0.4, 0.5) is 0 Å². The Kier molecular flexibility index (Phi) is 6.70. The number of benzene rings is 2. The minimum absolute atomic E-state index is 0.00950. The molecular formula is C24H30N2O2S2. The summed E-state index contributed by atoms with van der Waals surface area (Å²) in [5.41, 5.74) is 2.98. The first kappa shape index (κ1) is 20.9. The normalized spacial score (nSPS) is 23.2. The van der Waals surface area contributed by atoms with Crippen molar-refractivity contribution in [2.75, 3.05) is 52.2 Å². The van der Waals surface area contributed by atoms with Crippen LogP contribution in [0.2, 0.25) is 0 Å². The summed E-state index contributed by atoms with van der Waals surface area (Å²) in [6, 6.07) is 16.4. The van der Waals surface area contributed by atoms with Gasteiger partial charge >= 0.3 is 0 Å². The fourth-order valence-corrected chi connectivity index (χ4v) is 6.27. The Hall–Kier alpha value is -1.02. The SMILES string of the molecule is CSc1ccc2c(c1)[C@H](N1CCN(CCC3OCCO3)CC1)Cc1ccccc1S2. The van der Waals surface area contributed by atoms with Gasteiger partial charge in [-0.2, -0.15) is 0 Å². The molecule has 4 nitrogen and oxygen atoms in total. The molecule has 1 atom stereocenters. The molecule has 3 heterocycles. The summed E-state index contributed by atoms with van der Waals surface area (Å²) in [4.78, 5) is 9.47. The molecule has 2 fully saturated rings. The molecule has 2 aromatic carbocycles. The van der Waals surface area contributed by atoms with E-state index in [4.69, 9.17) is 9.47 Å². The van der Waals surface area contributed by atoms with Gasteiger partial charge in [0, 0.05) is 59.9 Å². The van der Waals surface area contributed by atoms with E-state index in [0.29, 0.717) is 6.04 Å². The standard InChI is InChI=1S/C24H30N2O2S2/c1-29-19-6-7-23-20(17-19)21(16-18-4-2-3-5-22(18)30-23)26-12-10-25(11-13-26)9-8-24-27-14-15-28-24/h2-7,17,21,24H,8-16H2,1H3/t21-/m1/s1. The zero-order chi connectivity index (χ0) is 20.3. The van der Waals surface area contributed by atoms with Crippen LogP contribution in [0, 0.1) is 0 Å². The highest BCUT2D eigenvalue weighted by Gasteiger charge is 2.30. The molecule has 2 saturated heterocycles. The highest BCUT2D eigenvalue weighted by Crippen LogP contribution is 2.44. The Labute approximate surface area is 188 Å². The van der Waals surface area contributed by atoms with E-state index in [0.717, 1.165) is 58.8 Å². The lowest BCUT2D eigenvalue weighted by Crippen LogP contribution is -2.48. The van der Waals surface area contributed by atoms with E-state index in [9.17, 15) is 0 Å². The van der Waals surface area contributed by atoms with Crippen molar-refractivity contribution in [3.05, 3.63) is 53.6 Å². The minimum atomic E-state index is 0.00950. The molecule has 3 aliphatic heterocycles. The summed E-state index contributed by atoms with van der Waals surface area (Å²) in [7, 11) is 0. The number of hydrogen-bond acceptors (Lipinski definition) is 6. The first-order valence-corrected chi connectivity index (χ1v) is 13.0. The van der Waals surface area contributed by atoms with Crippen LogP contribution in [0.1, 0.15) is 23.6 Å². The maximum Gasteiger partial charge on any atom is 0.159 e. The van der Waals surface area contributed by atoms with Gasteiger partial charge in [-0.15, -0.1) is 11.8 Å². The number of piperazine rings is 1. The topological polar surface area (TPSA) is 24.9 Å². The number of nitrogens with zero attached hydrogens (tertiary/aromatic N) is 2. The van der Waals surface area contributed by atoms with Crippen LogP contribution < -0.4 is 0 Å². The third kappa shape index (κ3) is 4.59. The molecule has 0 aromatic heterocycles. The van der Waals surface area contributed by atoms with E-state index in [1.807, 2.05) is 23.5 Å². The second-order valence-electron chi connectivity index (χ2n) is 8.17. The Morgan fingerprint density at radius 3 is 2.60 bits per heavy atom. The fraction of sp³-hybridized carbons (Fsp3) is 0.500. The number of thioether (sulfide) groups is 1. The molecule has 0 amide bonds. The summed E-state index contributed by atoms with van der Waals surface area (Å²) in [5.74, 6) is 0. The van der Waals surface area contributed by atoms with Crippen molar-refractivity contribution in [1.82, 2.24) is 9.80 Å². The van der Waals surface area contributed by atoms with Crippen LogP contribution in [0.5, 0.6) is 0 Å². The van der Waals surface area contributed by atoms with Gasteiger partial charge in [-0.05, 0) is 48.1 Å². The van der Waals surface area contributed by atoms with Crippen molar-refractivity contribution >= 4 is 23.5 Å². The molecule has 0 N–H and O–H groups in total. The summed E-state index contributed by atoms with van der Waals surface area (Å²) < 4.78 is 11.2. The molecule has 0 aliphatic carbocycles. The van der Waals surface area contributed by atoms with E-state index in [-0.39, 0.29) is 6.29 Å². The highest BCUT2D eigenvalue weighted by molar-refractivity contribution is 7.99. The summed E-state index contributed by atoms with van der Waals surface area (Å²) in [5, 5.41) is 0. The molecule has 0 spiro atoms. The smallest absolute Gasteiger partial charge is 0.159 e. The molecule has 0 radical (unpaired) electrons. The Morgan fingerprint density at radius 2 is 1.80 bits per heavy atom. The monoisotopic (exact) mass is 442 g/mol. The van der Waals surface area contributed by atoms with E-state index in [2.05, 4.69) is 58.5 Å². The van der Waals surface area contributed by atoms with Gasteiger partial charge in [0.1, 0.15) is 0 Å². The first-order chi connectivity index (χ1) is 14.8. The van der Waals surface area contributed by atoms with Gasteiger partial charge in [0.25, 0.3) is 0 Å². The van der Waals surface area contributed by atoms with Gasteiger partial charge in [-0.25, -0.2) is 0 Å². The Morgan fingerprint density at radius 1 is 1.00 bits per heavy atom. The highest BCUT2D eigenvalue weighted by atomic mass is 32.2. The van der Waals surface area contributed by atoms with Crippen molar-refractivity contribution < 1.29 is 9.47 Å². The molecule has 2 aromatic rings. The van der Waals surface area contributed by atoms with Crippen molar-refractivity contribution in [2.45, 2.75) is 39.9 Å². The number of rotatable bonds is 5. The van der Waals surface area contributed by atoms with Crippen molar-refractivity contribution in [3.8, 4) is 0 Å². The molecule has 6 heteroatoms. The average molecular weight is 443 g/mol. The van der Waals surface area contributed by atoms with Gasteiger partial charge in [-0.1, -0.05) is 30.0 Å². The van der Waals surface area contributed by atoms with Gasteiger partial charge < -0.3 is 14.4 Å². The lowest BCUT2D eigenvalue weighted by Gasteiger charge is -2.40. The maximum atomic E-state index is 5.60. The van der Waals surface area contributed by atoms with Crippen LogP contribution in [0.3, 0.4) is 0 Å². The predicted molar refractivity (Wildman–Crippen MR) is 124 cm³/mol. The van der Waals surface area contributed by atoms with Crippen LogP contribution in [-0.2, 0) is 15.9 Å². The van der Waals surface area contributed by atoms with E-state index in [1.165, 1.54) is 25.8 Å². The third-order valence-corrected chi connectivity index (χ3v) is 8.34. The number of fused-ring (bicyclic) bond motifs is 2. The zero-order valence-electron chi connectivity index (χ0n) is 17.6. The van der Waals surface area contributed by atoms with E-state index < -0.39 is 0 Å². The Bertz CT molecular complexity index is 864. The lowest BCUT2D eigenvalue weighted by molar-refractivity contribution is -0.0538. The van der Waals surface area contributed by atoms with E-state index >= 15 is 0 Å². The zero-order valence-corrected chi connectivity index (χ0v) is 19.2. The fourth-order valence-electron chi connectivity index (χ4n) is 4.70. The second-order valence-corrected chi connectivity index (χ2v) is 10.1. The molecule has 0 bridgehead atoms. The molecule has 160 valence electrons. The van der Waals surface area contributed by atoms with E-state index in [1.54, 1.807) is 0 Å². The molecular weight excluding hydrogens is 412 g/mol. The van der Waals surface area contributed by atoms with Gasteiger partial charge in [0.2, 0.25) is 0 Å². The summed E-state index contributed by atoms with van der Waals surface area (Å²) in [6.07, 6.45) is 4.26. The Balaban J connectivity index is 1.32. The van der Waals surface area contributed by atoms with Crippen LogP contribution in [0.25, 0.3) is 0 Å². The largest absolute Gasteiger partial charge is 0.350 e. The second kappa shape index (κ2) is 9.63. The lowest BCUT2D eigenvalue weighted by atomic mass is 9.96. The van der Waals surface area contributed by atoms with Crippen molar-refractivity contribution in [1.29, 1.82) is 0 Å². The summed E-state index contributed by atoms with van der Waals surface area (Å²) in [6.45, 7) is 7.04.